The molecule has 0 aromatic heterocycles. The molecule has 3 amide bonds. The van der Waals surface area contributed by atoms with Gasteiger partial charge in [0.15, 0.2) is 0 Å². The van der Waals surface area contributed by atoms with E-state index in [1.165, 1.54) is 12.8 Å². The van der Waals surface area contributed by atoms with Crippen molar-refractivity contribution in [1.29, 1.82) is 0 Å². The number of methoxy groups -OCH3 is 1. The van der Waals surface area contributed by atoms with E-state index in [4.69, 9.17) is 4.74 Å². The van der Waals surface area contributed by atoms with E-state index in [1.54, 1.807) is 31.4 Å². The number of benzene rings is 1. The summed E-state index contributed by atoms with van der Waals surface area (Å²) in [6.07, 6.45) is 4.49. The molecule has 3 N–H and O–H groups in total. The van der Waals surface area contributed by atoms with Crippen LogP contribution in [0.1, 0.15) is 43.0 Å². The van der Waals surface area contributed by atoms with Gasteiger partial charge in [0.25, 0.3) is 5.91 Å². The van der Waals surface area contributed by atoms with Crippen LogP contribution in [0.4, 0.5) is 10.5 Å². The Balaban J connectivity index is 1.83. The van der Waals surface area contributed by atoms with Gasteiger partial charge in [-0.3, -0.25) is 4.79 Å². The van der Waals surface area contributed by atoms with Crippen LogP contribution in [-0.2, 0) is 4.74 Å². The lowest BCUT2D eigenvalue weighted by Gasteiger charge is -2.14. The Hall–Kier alpha value is -2.08. The molecule has 0 spiro atoms. The Labute approximate surface area is 137 Å². The number of hydrogen-bond donors (Lipinski definition) is 3. The second kappa shape index (κ2) is 8.53. The highest BCUT2D eigenvalue weighted by Gasteiger charge is 2.17. The van der Waals surface area contributed by atoms with Crippen molar-refractivity contribution in [3.8, 4) is 0 Å². The standard InChI is InChI=1S/C17H25N3O3/c1-12(11-23-2)18-17(22)20-15-9-7-13(8-10-15)16(21)19-14-5-3-4-6-14/h7-10,12,14H,3-6,11H2,1-2H3,(H,19,21)(H2,18,20,22). The average Bonchev–Trinajstić information content (AvgIpc) is 3.00. The van der Waals surface area contributed by atoms with E-state index >= 15 is 0 Å². The number of nitrogens with one attached hydrogen (secondary N) is 3. The summed E-state index contributed by atoms with van der Waals surface area (Å²) < 4.78 is 4.96. The number of ether oxygens (including phenoxy) is 1. The summed E-state index contributed by atoms with van der Waals surface area (Å²) >= 11 is 0. The first kappa shape index (κ1) is 17.3. The van der Waals surface area contributed by atoms with Crippen LogP contribution in [0.3, 0.4) is 0 Å². The third-order valence-electron chi connectivity index (χ3n) is 3.89. The third-order valence-corrected chi connectivity index (χ3v) is 3.89. The van der Waals surface area contributed by atoms with Crippen LogP contribution in [0.25, 0.3) is 0 Å². The van der Waals surface area contributed by atoms with Crippen LogP contribution >= 0.6 is 0 Å². The quantitative estimate of drug-likeness (QED) is 0.754. The molecule has 2 rings (SSSR count). The molecule has 126 valence electrons. The van der Waals surface area contributed by atoms with Gasteiger partial charge in [-0.05, 0) is 44.0 Å². The average molecular weight is 319 g/mol. The summed E-state index contributed by atoms with van der Waals surface area (Å²) in [5.74, 6) is -0.0541. The number of urea groups is 1. The Morgan fingerprint density at radius 3 is 2.48 bits per heavy atom. The molecule has 1 atom stereocenters. The molecular formula is C17H25N3O3. The van der Waals surface area contributed by atoms with Gasteiger partial charge in [0.05, 0.1) is 12.6 Å². The first-order valence-electron chi connectivity index (χ1n) is 8.06. The summed E-state index contributed by atoms with van der Waals surface area (Å²) in [7, 11) is 1.59. The van der Waals surface area contributed by atoms with Crippen LogP contribution in [0.15, 0.2) is 24.3 Å². The fourth-order valence-electron chi connectivity index (χ4n) is 2.73. The number of anilines is 1. The highest BCUT2D eigenvalue weighted by Crippen LogP contribution is 2.18. The highest BCUT2D eigenvalue weighted by atomic mass is 16.5. The van der Waals surface area contributed by atoms with E-state index in [0.717, 1.165) is 12.8 Å². The van der Waals surface area contributed by atoms with Gasteiger partial charge in [-0.1, -0.05) is 12.8 Å². The van der Waals surface area contributed by atoms with Gasteiger partial charge in [0, 0.05) is 24.4 Å². The second-order valence-corrected chi connectivity index (χ2v) is 5.99. The highest BCUT2D eigenvalue weighted by molar-refractivity contribution is 5.95. The number of hydrogen-bond acceptors (Lipinski definition) is 3. The Kier molecular flexibility index (Phi) is 6.40. The minimum absolute atomic E-state index is 0.0541. The summed E-state index contributed by atoms with van der Waals surface area (Å²) in [4.78, 5) is 23.9. The molecule has 6 nitrogen and oxygen atoms in total. The number of carbonyl (C=O) groups excluding carboxylic acids is 2. The fraction of sp³-hybridized carbons (Fsp3) is 0.529. The molecule has 0 heterocycles. The molecule has 1 unspecified atom stereocenters. The van der Waals surface area contributed by atoms with Gasteiger partial charge in [-0.15, -0.1) is 0 Å². The lowest BCUT2D eigenvalue weighted by molar-refractivity contribution is 0.0938. The molecule has 23 heavy (non-hydrogen) atoms. The molecule has 0 aliphatic heterocycles. The normalized spacial score (nSPS) is 15.9. The molecule has 1 saturated carbocycles. The Bertz CT molecular complexity index is 524. The lowest BCUT2D eigenvalue weighted by atomic mass is 10.1. The SMILES string of the molecule is COCC(C)NC(=O)Nc1ccc(C(=O)NC2CCCC2)cc1. The number of rotatable bonds is 6. The van der Waals surface area contributed by atoms with Crippen LogP contribution in [0.2, 0.25) is 0 Å². The number of carbonyl (C=O) groups is 2. The molecule has 0 saturated heterocycles. The lowest BCUT2D eigenvalue weighted by Crippen LogP contribution is -2.38. The van der Waals surface area contributed by atoms with E-state index in [1.807, 2.05) is 6.92 Å². The first-order chi connectivity index (χ1) is 11.1. The van der Waals surface area contributed by atoms with Crippen LogP contribution in [0, 0.1) is 0 Å². The zero-order valence-corrected chi connectivity index (χ0v) is 13.7. The van der Waals surface area contributed by atoms with Gasteiger partial charge in [0.1, 0.15) is 0 Å². The number of amides is 3. The largest absolute Gasteiger partial charge is 0.383 e. The van der Waals surface area contributed by atoms with Crippen molar-refractivity contribution < 1.29 is 14.3 Å². The van der Waals surface area contributed by atoms with E-state index in [9.17, 15) is 9.59 Å². The zero-order valence-electron chi connectivity index (χ0n) is 13.7. The van der Waals surface area contributed by atoms with E-state index in [2.05, 4.69) is 16.0 Å². The van der Waals surface area contributed by atoms with Crippen molar-refractivity contribution in [2.75, 3.05) is 19.0 Å². The maximum Gasteiger partial charge on any atom is 0.319 e. The predicted molar refractivity (Wildman–Crippen MR) is 89.7 cm³/mol. The van der Waals surface area contributed by atoms with E-state index in [0.29, 0.717) is 23.9 Å². The van der Waals surface area contributed by atoms with Crippen molar-refractivity contribution in [3.63, 3.8) is 0 Å². The van der Waals surface area contributed by atoms with Crippen LogP contribution in [-0.4, -0.2) is 37.7 Å². The molecule has 1 aliphatic rings. The second-order valence-electron chi connectivity index (χ2n) is 5.99. The molecule has 1 aromatic rings. The van der Waals surface area contributed by atoms with Crippen molar-refractivity contribution >= 4 is 17.6 Å². The summed E-state index contributed by atoms with van der Waals surface area (Å²) in [5.41, 5.74) is 1.25. The zero-order chi connectivity index (χ0) is 16.7. The Morgan fingerprint density at radius 1 is 1.22 bits per heavy atom. The molecule has 6 heteroatoms. The van der Waals surface area contributed by atoms with E-state index in [-0.39, 0.29) is 18.0 Å². The van der Waals surface area contributed by atoms with Gasteiger partial charge in [-0.2, -0.15) is 0 Å². The maximum atomic E-state index is 12.1. The maximum absolute atomic E-state index is 12.1. The van der Waals surface area contributed by atoms with Crippen LogP contribution in [0.5, 0.6) is 0 Å². The van der Waals surface area contributed by atoms with Gasteiger partial charge in [0.2, 0.25) is 0 Å². The molecule has 1 aliphatic carbocycles. The third kappa shape index (κ3) is 5.56. The molecule has 0 bridgehead atoms. The van der Waals surface area contributed by atoms with E-state index < -0.39 is 0 Å². The summed E-state index contributed by atoms with van der Waals surface area (Å²) in [6, 6.07) is 6.83. The molecule has 0 radical (unpaired) electrons. The predicted octanol–water partition coefficient (Wildman–Crippen LogP) is 2.52. The topological polar surface area (TPSA) is 79.5 Å². The molecular weight excluding hydrogens is 294 g/mol. The monoisotopic (exact) mass is 319 g/mol. The molecule has 1 fully saturated rings. The smallest absolute Gasteiger partial charge is 0.319 e. The minimum Gasteiger partial charge on any atom is -0.383 e. The van der Waals surface area contributed by atoms with Gasteiger partial charge in [-0.25, -0.2) is 4.79 Å². The summed E-state index contributed by atoms with van der Waals surface area (Å²) in [6.45, 7) is 2.31. The minimum atomic E-state index is -0.294. The van der Waals surface area contributed by atoms with Crippen molar-refractivity contribution in [3.05, 3.63) is 29.8 Å². The summed E-state index contributed by atoms with van der Waals surface area (Å²) in [5, 5.41) is 8.54. The van der Waals surface area contributed by atoms with Gasteiger partial charge < -0.3 is 20.7 Å². The molecule has 1 aromatic carbocycles. The van der Waals surface area contributed by atoms with Crippen molar-refractivity contribution in [1.82, 2.24) is 10.6 Å². The Morgan fingerprint density at radius 2 is 1.87 bits per heavy atom. The van der Waals surface area contributed by atoms with Crippen molar-refractivity contribution in [2.45, 2.75) is 44.7 Å². The van der Waals surface area contributed by atoms with Crippen LogP contribution < -0.4 is 16.0 Å². The van der Waals surface area contributed by atoms with Crippen molar-refractivity contribution in [2.24, 2.45) is 0 Å². The fourth-order valence-corrected chi connectivity index (χ4v) is 2.73. The first-order valence-corrected chi connectivity index (χ1v) is 8.06. The van der Waals surface area contributed by atoms with Gasteiger partial charge >= 0.3 is 6.03 Å².